The molecule has 90 valence electrons. The first-order valence-electron chi connectivity index (χ1n) is 5.78. The van der Waals surface area contributed by atoms with E-state index in [1.54, 1.807) is 24.3 Å². The Morgan fingerprint density at radius 1 is 1.18 bits per heavy atom. The highest BCUT2D eigenvalue weighted by molar-refractivity contribution is 6.21. The number of β-amino-alcohol motifs (C(OH)–C–C–N with tert-alkyl or cyclic N) is 1. The molecule has 1 aromatic carbocycles. The van der Waals surface area contributed by atoms with Gasteiger partial charge in [0.15, 0.2) is 0 Å². The van der Waals surface area contributed by atoms with Gasteiger partial charge in [0.1, 0.15) is 0 Å². The molecular weight excluding hydrogens is 218 g/mol. The van der Waals surface area contributed by atoms with Crippen molar-refractivity contribution in [3.63, 3.8) is 0 Å². The lowest BCUT2D eigenvalue weighted by Crippen LogP contribution is -2.36. The van der Waals surface area contributed by atoms with Crippen LogP contribution in [0.25, 0.3) is 0 Å². The Hall–Kier alpha value is -1.68. The van der Waals surface area contributed by atoms with E-state index in [1.807, 2.05) is 6.92 Å². The average Bonchev–Trinajstić information content (AvgIpc) is 2.56. The number of benzene rings is 1. The van der Waals surface area contributed by atoms with Gasteiger partial charge in [-0.1, -0.05) is 25.5 Å². The maximum atomic E-state index is 11.9. The summed E-state index contributed by atoms with van der Waals surface area (Å²) < 4.78 is 0. The van der Waals surface area contributed by atoms with Crippen LogP contribution in [0.5, 0.6) is 0 Å². The van der Waals surface area contributed by atoms with Crippen LogP contribution in [0.4, 0.5) is 0 Å². The smallest absolute Gasteiger partial charge is 0.261 e. The number of nitrogens with zero attached hydrogens (tertiary/aromatic N) is 1. The summed E-state index contributed by atoms with van der Waals surface area (Å²) >= 11 is 0. The first kappa shape index (κ1) is 11.8. The van der Waals surface area contributed by atoms with E-state index in [9.17, 15) is 14.7 Å². The van der Waals surface area contributed by atoms with Crippen molar-refractivity contribution >= 4 is 11.8 Å². The highest BCUT2D eigenvalue weighted by Crippen LogP contribution is 2.22. The van der Waals surface area contributed by atoms with E-state index in [2.05, 4.69) is 0 Å². The molecule has 0 spiro atoms. The van der Waals surface area contributed by atoms with E-state index in [-0.39, 0.29) is 18.4 Å². The molecule has 0 saturated carbocycles. The predicted octanol–water partition coefficient (Wildman–Crippen LogP) is 1.44. The monoisotopic (exact) mass is 233 g/mol. The van der Waals surface area contributed by atoms with E-state index >= 15 is 0 Å². The molecule has 1 aliphatic heterocycles. The summed E-state index contributed by atoms with van der Waals surface area (Å²) in [5.74, 6) is -0.610. The van der Waals surface area contributed by atoms with Gasteiger partial charge in [0, 0.05) is 0 Å². The molecule has 1 atom stereocenters. The molecule has 4 heteroatoms. The van der Waals surface area contributed by atoms with Crippen LogP contribution >= 0.6 is 0 Å². The van der Waals surface area contributed by atoms with Gasteiger partial charge in [-0.15, -0.1) is 0 Å². The molecule has 2 amide bonds. The van der Waals surface area contributed by atoms with Gasteiger partial charge in [0.2, 0.25) is 0 Å². The lowest BCUT2D eigenvalue weighted by atomic mass is 10.1. The lowest BCUT2D eigenvalue weighted by Gasteiger charge is -2.17. The van der Waals surface area contributed by atoms with Crippen LogP contribution in [0.1, 0.15) is 40.5 Å². The van der Waals surface area contributed by atoms with Crippen molar-refractivity contribution in [2.75, 3.05) is 6.54 Å². The summed E-state index contributed by atoms with van der Waals surface area (Å²) in [6.07, 6.45) is 0.778. The molecule has 1 aliphatic rings. The summed E-state index contributed by atoms with van der Waals surface area (Å²) in [6, 6.07) is 6.75. The fraction of sp³-hybridized carbons (Fsp3) is 0.385. The number of fused-ring (bicyclic) bond motifs is 1. The van der Waals surface area contributed by atoms with Crippen molar-refractivity contribution in [3.05, 3.63) is 35.4 Å². The second-order valence-electron chi connectivity index (χ2n) is 4.21. The third-order valence-corrected chi connectivity index (χ3v) is 2.89. The number of carbonyl (C=O) groups is 2. The SMILES string of the molecule is CCCC(O)CN1C(=O)c2ccccc2C1=O. The van der Waals surface area contributed by atoms with Crippen LogP contribution in [0.2, 0.25) is 0 Å². The van der Waals surface area contributed by atoms with E-state index in [0.717, 1.165) is 11.3 Å². The van der Waals surface area contributed by atoms with Crippen LogP contribution in [0.3, 0.4) is 0 Å². The lowest BCUT2D eigenvalue weighted by molar-refractivity contribution is 0.0532. The summed E-state index contributed by atoms with van der Waals surface area (Å²) in [5.41, 5.74) is 0.863. The second kappa shape index (κ2) is 4.67. The van der Waals surface area contributed by atoms with Gasteiger partial charge in [0.05, 0.1) is 23.8 Å². The molecule has 0 radical (unpaired) electrons. The first-order valence-corrected chi connectivity index (χ1v) is 5.78. The summed E-state index contributed by atoms with van der Waals surface area (Å²) in [6.45, 7) is 2.03. The number of aliphatic hydroxyl groups excluding tert-OH is 1. The van der Waals surface area contributed by atoms with Crippen LogP contribution in [-0.2, 0) is 0 Å². The van der Waals surface area contributed by atoms with E-state index in [4.69, 9.17) is 0 Å². The normalized spacial score (nSPS) is 16.2. The minimum atomic E-state index is -0.637. The molecule has 4 nitrogen and oxygen atoms in total. The third-order valence-electron chi connectivity index (χ3n) is 2.89. The Bertz CT molecular complexity index is 421. The van der Waals surface area contributed by atoms with E-state index < -0.39 is 6.10 Å². The number of amides is 2. The van der Waals surface area contributed by atoms with E-state index in [1.165, 1.54) is 0 Å². The number of imide groups is 1. The van der Waals surface area contributed by atoms with Gasteiger partial charge in [-0.25, -0.2) is 0 Å². The molecule has 0 aromatic heterocycles. The highest BCUT2D eigenvalue weighted by atomic mass is 16.3. The topological polar surface area (TPSA) is 57.6 Å². The zero-order chi connectivity index (χ0) is 12.4. The minimum Gasteiger partial charge on any atom is -0.391 e. The Balaban J connectivity index is 2.19. The van der Waals surface area contributed by atoms with Crippen LogP contribution < -0.4 is 0 Å². The number of aliphatic hydroxyl groups is 1. The fourth-order valence-electron chi connectivity index (χ4n) is 2.04. The molecule has 0 saturated heterocycles. The van der Waals surface area contributed by atoms with Crippen LogP contribution in [0, 0.1) is 0 Å². The van der Waals surface area contributed by atoms with Crippen molar-refractivity contribution in [2.24, 2.45) is 0 Å². The Kier molecular flexibility index (Phi) is 3.24. The quantitative estimate of drug-likeness (QED) is 0.801. The molecule has 1 N–H and O–H groups in total. The van der Waals surface area contributed by atoms with E-state index in [0.29, 0.717) is 17.5 Å². The molecule has 0 fully saturated rings. The maximum Gasteiger partial charge on any atom is 0.261 e. The Morgan fingerprint density at radius 2 is 1.71 bits per heavy atom. The number of carbonyl (C=O) groups excluding carboxylic acids is 2. The van der Waals surface area contributed by atoms with Gasteiger partial charge in [-0.3, -0.25) is 14.5 Å². The summed E-state index contributed by atoms with van der Waals surface area (Å²) in [4.78, 5) is 25.0. The fourth-order valence-corrected chi connectivity index (χ4v) is 2.04. The van der Waals surface area contributed by atoms with Gasteiger partial charge in [0.25, 0.3) is 11.8 Å². The molecule has 17 heavy (non-hydrogen) atoms. The predicted molar refractivity (Wildman–Crippen MR) is 62.7 cm³/mol. The third kappa shape index (κ3) is 2.08. The minimum absolute atomic E-state index is 0.0835. The molecule has 1 unspecified atom stereocenters. The van der Waals surface area contributed by atoms with Crippen molar-refractivity contribution in [1.29, 1.82) is 0 Å². The number of rotatable bonds is 4. The standard InChI is InChI=1S/C13H15NO3/c1-2-5-9(15)8-14-12(16)10-6-3-4-7-11(10)13(14)17/h3-4,6-7,9,15H,2,5,8H2,1H3. The molecule has 2 rings (SSSR count). The molecule has 0 bridgehead atoms. The number of hydrogen-bond acceptors (Lipinski definition) is 3. The average molecular weight is 233 g/mol. The van der Waals surface area contributed by atoms with Crippen molar-refractivity contribution in [1.82, 2.24) is 4.90 Å². The van der Waals surface area contributed by atoms with Gasteiger partial charge < -0.3 is 5.11 Å². The highest BCUT2D eigenvalue weighted by Gasteiger charge is 2.35. The molecule has 1 heterocycles. The van der Waals surface area contributed by atoms with Crippen molar-refractivity contribution in [2.45, 2.75) is 25.9 Å². The molecule has 0 aliphatic carbocycles. The Labute approximate surface area is 99.9 Å². The summed E-state index contributed by atoms with van der Waals surface area (Å²) in [5, 5.41) is 9.68. The molecule has 1 aromatic rings. The maximum absolute atomic E-state index is 11.9. The first-order chi connectivity index (χ1) is 8.15. The van der Waals surface area contributed by atoms with Crippen molar-refractivity contribution in [3.8, 4) is 0 Å². The Morgan fingerprint density at radius 3 is 2.18 bits per heavy atom. The zero-order valence-electron chi connectivity index (χ0n) is 9.72. The zero-order valence-corrected chi connectivity index (χ0v) is 9.72. The van der Waals surface area contributed by atoms with Crippen LogP contribution in [-0.4, -0.2) is 34.5 Å². The number of hydrogen-bond donors (Lipinski definition) is 1. The van der Waals surface area contributed by atoms with Crippen molar-refractivity contribution < 1.29 is 14.7 Å². The second-order valence-corrected chi connectivity index (χ2v) is 4.21. The van der Waals surface area contributed by atoms with Gasteiger partial charge in [-0.2, -0.15) is 0 Å². The van der Waals surface area contributed by atoms with Gasteiger partial charge >= 0.3 is 0 Å². The van der Waals surface area contributed by atoms with Gasteiger partial charge in [-0.05, 0) is 18.6 Å². The van der Waals surface area contributed by atoms with Crippen LogP contribution in [0.15, 0.2) is 24.3 Å². The largest absolute Gasteiger partial charge is 0.391 e. The summed E-state index contributed by atoms with van der Waals surface area (Å²) in [7, 11) is 0. The molecular formula is C13H15NO3.